The minimum absolute atomic E-state index is 0.0500. The van der Waals surface area contributed by atoms with E-state index in [9.17, 15) is 9.18 Å². The van der Waals surface area contributed by atoms with Gasteiger partial charge in [-0.15, -0.1) is 0 Å². The smallest absolute Gasteiger partial charge is 0.312 e. The fraction of sp³-hybridized carbons (Fsp3) is 0.364. The number of carboxylic acids is 1. The highest BCUT2D eigenvalue weighted by atomic mass is 19.1. The van der Waals surface area contributed by atoms with Gasteiger partial charge in [-0.3, -0.25) is 9.18 Å². The van der Waals surface area contributed by atoms with Crippen LogP contribution in [0.2, 0.25) is 0 Å². The van der Waals surface area contributed by atoms with Crippen molar-refractivity contribution < 1.29 is 14.3 Å². The number of aliphatic carboxylic acids is 1. The first-order valence-electron chi connectivity index (χ1n) is 4.76. The summed E-state index contributed by atoms with van der Waals surface area (Å²) in [6.45, 7) is -0.391. The van der Waals surface area contributed by atoms with Crippen LogP contribution in [-0.2, 0) is 11.2 Å². The van der Waals surface area contributed by atoms with Gasteiger partial charge in [0, 0.05) is 13.0 Å². The van der Waals surface area contributed by atoms with Crippen molar-refractivity contribution in [2.24, 2.45) is 5.73 Å². The normalized spacial score (nSPS) is 12.4. The summed E-state index contributed by atoms with van der Waals surface area (Å²) in [5.41, 5.74) is 6.81. The molecule has 15 heavy (non-hydrogen) atoms. The van der Waals surface area contributed by atoms with Gasteiger partial charge in [0.05, 0.1) is 12.6 Å². The molecule has 1 aromatic rings. The molecule has 82 valence electrons. The first-order chi connectivity index (χ1) is 7.19. The predicted molar refractivity (Wildman–Crippen MR) is 55.6 cm³/mol. The van der Waals surface area contributed by atoms with E-state index in [0.29, 0.717) is 12.0 Å². The highest BCUT2D eigenvalue weighted by molar-refractivity contribution is 5.76. The van der Waals surface area contributed by atoms with Gasteiger partial charge >= 0.3 is 5.97 Å². The van der Waals surface area contributed by atoms with Crippen LogP contribution < -0.4 is 5.73 Å². The highest BCUT2D eigenvalue weighted by Gasteiger charge is 2.17. The third-order valence-corrected chi connectivity index (χ3v) is 2.27. The molecule has 0 radical (unpaired) electrons. The minimum Gasteiger partial charge on any atom is -0.481 e. The van der Waals surface area contributed by atoms with E-state index in [-0.39, 0.29) is 6.54 Å². The van der Waals surface area contributed by atoms with E-state index in [1.807, 2.05) is 0 Å². The maximum Gasteiger partial charge on any atom is 0.312 e. The van der Waals surface area contributed by atoms with Crippen LogP contribution >= 0.6 is 0 Å². The Labute approximate surface area is 87.7 Å². The van der Waals surface area contributed by atoms with Gasteiger partial charge in [0.1, 0.15) is 0 Å². The van der Waals surface area contributed by atoms with Crippen molar-refractivity contribution in [3.63, 3.8) is 0 Å². The molecular formula is C11H14FNO2. The van der Waals surface area contributed by atoms with E-state index in [2.05, 4.69) is 0 Å². The summed E-state index contributed by atoms with van der Waals surface area (Å²) in [5, 5.41) is 8.89. The van der Waals surface area contributed by atoms with Gasteiger partial charge in [0.15, 0.2) is 0 Å². The second kappa shape index (κ2) is 5.46. The Kier molecular flexibility index (Phi) is 4.24. The van der Waals surface area contributed by atoms with Crippen LogP contribution in [0.4, 0.5) is 4.39 Å². The van der Waals surface area contributed by atoms with Crippen LogP contribution in [0.25, 0.3) is 0 Å². The van der Waals surface area contributed by atoms with Crippen LogP contribution in [0, 0.1) is 0 Å². The number of carbonyl (C=O) groups is 1. The second-order valence-electron chi connectivity index (χ2n) is 3.31. The van der Waals surface area contributed by atoms with E-state index in [1.165, 1.54) is 0 Å². The average Bonchev–Trinajstić information content (AvgIpc) is 2.19. The van der Waals surface area contributed by atoms with Crippen molar-refractivity contribution in [2.75, 3.05) is 13.2 Å². The molecule has 0 saturated heterocycles. The van der Waals surface area contributed by atoms with E-state index >= 15 is 0 Å². The highest BCUT2D eigenvalue weighted by Crippen LogP contribution is 2.16. The van der Waals surface area contributed by atoms with Gasteiger partial charge in [-0.1, -0.05) is 24.3 Å². The van der Waals surface area contributed by atoms with Crippen LogP contribution in [0.1, 0.15) is 17.0 Å². The summed E-state index contributed by atoms with van der Waals surface area (Å²) < 4.78 is 12.1. The number of nitrogens with two attached hydrogens (primary N) is 1. The van der Waals surface area contributed by atoms with Crippen molar-refractivity contribution >= 4 is 5.97 Å². The van der Waals surface area contributed by atoms with Crippen LogP contribution in [0.3, 0.4) is 0 Å². The maximum atomic E-state index is 12.1. The van der Waals surface area contributed by atoms with Gasteiger partial charge in [-0.2, -0.15) is 0 Å². The first-order valence-corrected chi connectivity index (χ1v) is 4.76. The van der Waals surface area contributed by atoms with Crippen molar-refractivity contribution in [3.8, 4) is 0 Å². The Morgan fingerprint density at radius 1 is 1.53 bits per heavy atom. The number of aryl methyl sites for hydroxylation is 1. The van der Waals surface area contributed by atoms with Gasteiger partial charge in [-0.05, 0) is 11.1 Å². The molecule has 0 bridgehead atoms. The number of benzene rings is 1. The van der Waals surface area contributed by atoms with E-state index in [4.69, 9.17) is 10.8 Å². The molecule has 0 aliphatic carbocycles. The van der Waals surface area contributed by atoms with E-state index in [1.54, 1.807) is 24.3 Å². The van der Waals surface area contributed by atoms with E-state index < -0.39 is 18.6 Å². The SMILES string of the molecule is NCC(C(=O)O)c1cccc(CCF)c1. The Morgan fingerprint density at radius 2 is 2.27 bits per heavy atom. The number of hydrogen-bond acceptors (Lipinski definition) is 2. The lowest BCUT2D eigenvalue weighted by molar-refractivity contribution is -0.138. The van der Waals surface area contributed by atoms with Crippen molar-refractivity contribution in [1.29, 1.82) is 0 Å². The molecule has 0 spiro atoms. The lowest BCUT2D eigenvalue weighted by Gasteiger charge is -2.10. The summed E-state index contributed by atoms with van der Waals surface area (Å²) in [6, 6.07) is 6.91. The molecule has 0 fully saturated rings. The van der Waals surface area contributed by atoms with Crippen molar-refractivity contribution in [3.05, 3.63) is 35.4 Å². The summed E-state index contributed by atoms with van der Waals surface area (Å²) in [7, 11) is 0. The summed E-state index contributed by atoms with van der Waals surface area (Å²) >= 11 is 0. The predicted octanol–water partition coefficient (Wildman–Crippen LogP) is 1.33. The van der Waals surface area contributed by atoms with Gasteiger partial charge < -0.3 is 10.8 Å². The Balaban J connectivity index is 2.92. The van der Waals surface area contributed by atoms with Gasteiger partial charge in [0.2, 0.25) is 0 Å². The third kappa shape index (κ3) is 3.02. The average molecular weight is 211 g/mol. The minimum atomic E-state index is -0.949. The Morgan fingerprint density at radius 3 is 2.80 bits per heavy atom. The molecule has 0 aliphatic heterocycles. The molecule has 0 saturated carbocycles. The third-order valence-electron chi connectivity index (χ3n) is 2.27. The lowest BCUT2D eigenvalue weighted by atomic mass is 9.97. The number of halogens is 1. The molecule has 1 aromatic carbocycles. The molecule has 1 rings (SSSR count). The fourth-order valence-corrected chi connectivity index (χ4v) is 1.45. The second-order valence-corrected chi connectivity index (χ2v) is 3.31. The van der Waals surface area contributed by atoms with Crippen LogP contribution in [0.15, 0.2) is 24.3 Å². The molecule has 0 heterocycles. The molecule has 3 N–H and O–H groups in total. The molecule has 0 aliphatic rings. The number of rotatable bonds is 5. The number of carboxylic acid groups (broad SMARTS) is 1. The van der Waals surface area contributed by atoms with Gasteiger partial charge in [-0.25, -0.2) is 0 Å². The fourth-order valence-electron chi connectivity index (χ4n) is 1.45. The maximum absolute atomic E-state index is 12.1. The standard InChI is InChI=1S/C11H14FNO2/c12-5-4-8-2-1-3-9(6-8)10(7-13)11(14)15/h1-3,6,10H,4-5,7,13H2,(H,14,15). The molecule has 3 nitrogen and oxygen atoms in total. The van der Waals surface area contributed by atoms with Gasteiger partial charge in [0.25, 0.3) is 0 Å². The number of alkyl halides is 1. The number of hydrogen-bond donors (Lipinski definition) is 2. The zero-order valence-electron chi connectivity index (χ0n) is 8.32. The monoisotopic (exact) mass is 211 g/mol. The van der Waals surface area contributed by atoms with Crippen molar-refractivity contribution in [2.45, 2.75) is 12.3 Å². The molecule has 1 atom stereocenters. The van der Waals surface area contributed by atoms with Crippen LogP contribution in [-0.4, -0.2) is 24.3 Å². The topological polar surface area (TPSA) is 63.3 Å². The van der Waals surface area contributed by atoms with Crippen molar-refractivity contribution in [1.82, 2.24) is 0 Å². The Hall–Kier alpha value is -1.42. The molecule has 0 aromatic heterocycles. The molecular weight excluding hydrogens is 197 g/mol. The molecule has 0 amide bonds. The summed E-state index contributed by atoms with van der Waals surface area (Å²) in [4.78, 5) is 10.8. The Bertz CT molecular complexity index is 341. The lowest BCUT2D eigenvalue weighted by Crippen LogP contribution is -2.21. The zero-order chi connectivity index (χ0) is 11.3. The molecule has 1 unspecified atom stereocenters. The zero-order valence-corrected chi connectivity index (χ0v) is 8.32. The van der Waals surface area contributed by atoms with Crippen LogP contribution in [0.5, 0.6) is 0 Å². The largest absolute Gasteiger partial charge is 0.481 e. The van der Waals surface area contributed by atoms with E-state index in [0.717, 1.165) is 5.56 Å². The first kappa shape index (κ1) is 11.7. The summed E-state index contributed by atoms with van der Waals surface area (Å²) in [6.07, 6.45) is 0.310. The quantitative estimate of drug-likeness (QED) is 0.772. The molecule has 4 heteroatoms. The summed E-state index contributed by atoms with van der Waals surface area (Å²) in [5.74, 6) is -1.65.